The van der Waals surface area contributed by atoms with Crippen molar-refractivity contribution in [3.8, 4) is 11.4 Å². The van der Waals surface area contributed by atoms with Gasteiger partial charge in [-0.25, -0.2) is 4.79 Å². The molecule has 0 atom stereocenters. The topological polar surface area (TPSA) is 74.3 Å². The van der Waals surface area contributed by atoms with Crippen molar-refractivity contribution in [1.29, 1.82) is 0 Å². The molecule has 192 valence electrons. The van der Waals surface area contributed by atoms with E-state index < -0.39 is 0 Å². The molecule has 0 aliphatic heterocycles. The molecule has 4 aromatic carbocycles. The van der Waals surface area contributed by atoms with Gasteiger partial charge in [-0.1, -0.05) is 103 Å². The largest absolute Gasteiger partial charge is 0.465 e. The summed E-state index contributed by atoms with van der Waals surface area (Å²) in [5.74, 6) is 1.04. The first-order chi connectivity index (χ1) is 19.2. The van der Waals surface area contributed by atoms with Gasteiger partial charge in [0.05, 0.1) is 18.9 Å². The SMILES string of the molecule is COC(=O)c1cn(CCSc2nnc(-c3cccc4ccccc34)n2/N=C/c2ccccc2)c2ccccc12. The Hall–Kier alpha value is -4.69. The van der Waals surface area contributed by atoms with E-state index in [1.165, 1.54) is 7.11 Å². The number of para-hydroxylation sites is 1. The van der Waals surface area contributed by atoms with Crippen LogP contribution in [-0.2, 0) is 11.3 Å². The summed E-state index contributed by atoms with van der Waals surface area (Å²) in [6.07, 6.45) is 3.68. The summed E-state index contributed by atoms with van der Waals surface area (Å²) in [7, 11) is 1.40. The number of hydrogen-bond acceptors (Lipinski definition) is 6. The van der Waals surface area contributed by atoms with Crippen LogP contribution in [0.2, 0.25) is 0 Å². The highest BCUT2D eigenvalue weighted by Crippen LogP contribution is 2.30. The molecule has 0 saturated carbocycles. The molecular formula is C31H25N5O2S. The average Bonchev–Trinajstić information content (AvgIpc) is 3.57. The molecule has 0 amide bonds. The first-order valence-corrected chi connectivity index (χ1v) is 13.5. The number of esters is 1. The van der Waals surface area contributed by atoms with Crippen molar-refractivity contribution >= 4 is 45.6 Å². The van der Waals surface area contributed by atoms with Crippen LogP contribution in [0.4, 0.5) is 0 Å². The lowest BCUT2D eigenvalue weighted by Crippen LogP contribution is -2.02. The van der Waals surface area contributed by atoms with Gasteiger partial charge in [-0.2, -0.15) is 9.78 Å². The number of aryl methyl sites for hydroxylation is 1. The number of benzene rings is 4. The summed E-state index contributed by atoms with van der Waals surface area (Å²) in [4.78, 5) is 12.3. The minimum absolute atomic E-state index is 0.340. The van der Waals surface area contributed by atoms with Crippen LogP contribution in [0.1, 0.15) is 15.9 Å². The van der Waals surface area contributed by atoms with E-state index in [0.717, 1.165) is 32.8 Å². The molecule has 0 spiro atoms. The highest BCUT2D eigenvalue weighted by Gasteiger charge is 2.18. The van der Waals surface area contributed by atoms with E-state index in [1.54, 1.807) is 11.8 Å². The van der Waals surface area contributed by atoms with Gasteiger partial charge in [0.25, 0.3) is 0 Å². The standard InChI is InChI=1S/C31H25N5O2S/c1-38-30(37)27-21-35(28-17-8-7-15-25(27)28)18-19-39-31-34-33-29(36(31)32-20-22-10-3-2-4-11-22)26-16-9-13-23-12-5-6-14-24(23)26/h2-17,20-21H,18-19H2,1H3/b32-20+. The highest BCUT2D eigenvalue weighted by atomic mass is 32.2. The summed E-state index contributed by atoms with van der Waals surface area (Å²) in [5, 5.41) is 17.7. The van der Waals surface area contributed by atoms with Crippen LogP contribution >= 0.6 is 11.8 Å². The van der Waals surface area contributed by atoms with Crippen LogP contribution in [0.15, 0.2) is 114 Å². The van der Waals surface area contributed by atoms with E-state index >= 15 is 0 Å². The Labute approximate surface area is 229 Å². The molecule has 0 saturated heterocycles. The minimum Gasteiger partial charge on any atom is -0.465 e. The third-order valence-electron chi connectivity index (χ3n) is 6.52. The Balaban J connectivity index is 1.33. The Morgan fingerprint density at radius 1 is 0.897 bits per heavy atom. The molecule has 0 unspecified atom stereocenters. The molecule has 6 rings (SSSR count). The fourth-order valence-corrected chi connectivity index (χ4v) is 5.48. The van der Waals surface area contributed by atoms with Gasteiger partial charge in [0.15, 0.2) is 5.82 Å². The van der Waals surface area contributed by atoms with Crippen LogP contribution in [0, 0.1) is 0 Å². The predicted octanol–water partition coefficient (Wildman–Crippen LogP) is 6.51. The monoisotopic (exact) mass is 531 g/mol. The smallest absolute Gasteiger partial charge is 0.340 e. The maximum atomic E-state index is 12.3. The molecule has 6 aromatic rings. The van der Waals surface area contributed by atoms with Gasteiger partial charge in [-0.3, -0.25) is 0 Å². The summed E-state index contributed by atoms with van der Waals surface area (Å²) < 4.78 is 8.88. The molecule has 7 nitrogen and oxygen atoms in total. The average molecular weight is 532 g/mol. The van der Waals surface area contributed by atoms with Gasteiger partial charge < -0.3 is 9.30 Å². The Morgan fingerprint density at radius 3 is 2.49 bits per heavy atom. The van der Waals surface area contributed by atoms with Gasteiger partial charge in [-0.05, 0) is 22.4 Å². The third kappa shape index (κ3) is 4.94. The Morgan fingerprint density at radius 2 is 1.64 bits per heavy atom. The summed E-state index contributed by atoms with van der Waals surface area (Å²) >= 11 is 1.57. The molecule has 0 bridgehead atoms. The van der Waals surface area contributed by atoms with E-state index in [9.17, 15) is 4.79 Å². The van der Waals surface area contributed by atoms with Crippen molar-refractivity contribution in [3.05, 3.63) is 114 Å². The lowest BCUT2D eigenvalue weighted by Gasteiger charge is -2.08. The number of aromatic nitrogens is 4. The molecule has 0 aliphatic carbocycles. The molecule has 0 N–H and O–H groups in total. The fraction of sp³-hybridized carbons (Fsp3) is 0.0968. The quantitative estimate of drug-likeness (QED) is 0.127. The number of rotatable bonds is 8. The zero-order valence-corrected chi connectivity index (χ0v) is 22.1. The van der Waals surface area contributed by atoms with E-state index in [1.807, 2.05) is 89.9 Å². The van der Waals surface area contributed by atoms with Crippen LogP contribution in [0.25, 0.3) is 33.1 Å². The molecule has 2 aromatic heterocycles. The fourth-order valence-electron chi connectivity index (χ4n) is 4.65. The summed E-state index contributed by atoms with van der Waals surface area (Å²) in [6, 6.07) is 32.2. The number of methoxy groups -OCH3 is 1. The van der Waals surface area contributed by atoms with Crippen molar-refractivity contribution < 1.29 is 9.53 Å². The van der Waals surface area contributed by atoms with Crippen molar-refractivity contribution in [2.24, 2.45) is 5.10 Å². The van der Waals surface area contributed by atoms with Crippen molar-refractivity contribution in [2.75, 3.05) is 12.9 Å². The van der Waals surface area contributed by atoms with Crippen LogP contribution < -0.4 is 0 Å². The lowest BCUT2D eigenvalue weighted by molar-refractivity contribution is 0.0602. The minimum atomic E-state index is -0.340. The molecule has 39 heavy (non-hydrogen) atoms. The Kier molecular flexibility index (Phi) is 6.93. The molecule has 0 fully saturated rings. The van der Waals surface area contributed by atoms with E-state index in [2.05, 4.69) is 39.0 Å². The van der Waals surface area contributed by atoms with Crippen molar-refractivity contribution in [3.63, 3.8) is 0 Å². The van der Waals surface area contributed by atoms with Crippen LogP contribution in [-0.4, -0.2) is 44.5 Å². The second-order valence-electron chi connectivity index (χ2n) is 8.89. The molecule has 0 radical (unpaired) electrons. The molecular weight excluding hydrogens is 506 g/mol. The second kappa shape index (κ2) is 11.0. The van der Waals surface area contributed by atoms with E-state index in [4.69, 9.17) is 9.84 Å². The summed E-state index contributed by atoms with van der Waals surface area (Å²) in [5.41, 5.74) is 3.50. The van der Waals surface area contributed by atoms with Crippen LogP contribution in [0.5, 0.6) is 0 Å². The van der Waals surface area contributed by atoms with Gasteiger partial charge in [0.2, 0.25) is 5.16 Å². The number of carbonyl (C=O) groups is 1. The first kappa shape index (κ1) is 24.6. The number of fused-ring (bicyclic) bond motifs is 2. The van der Waals surface area contributed by atoms with Gasteiger partial charge in [-0.15, -0.1) is 10.2 Å². The number of carbonyl (C=O) groups excluding carboxylic acids is 1. The zero-order chi connectivity index (χ0) is 26.6. The summed E-state index contributed by atoms with van der Waals surface area (Å²) in [6.45, 7) is 0.668. The normalized spacial score (nSPS) is 11.5. The first-order valence-electron chi connectivity index (χ1n) is 12.5. The van der Waals surface area contributed by atoms with Crippen molar-refractivity contribution in [2.45, 2.75) is 11.7 Å². The predicted molar refractivity (Wildman–Crippen MR) is 156 cm³/mol. The zero-order valence-electron chi connectivity index (χ0n) is 21.3. The van der Waals surface area contributed by atoms with E-state index in [0.29, 0.717) is 28.8 Å². The van der Waals surface area contributed by atoms with Crippen LogP contribution in [0.3, 0.4) is 0 Å². The second-order valence-corrected chi connectivity index (χ2v) is 9.96. The highest BCUT2D eigenvalue weighted by molar-refractivity contribution is 7.99. The molecule has 0 aliphatic rings. The maximum absolute atomic E-state index is 12.3. The van der Waals surface area contributed by atoms with Gasteiger partial charge >= 0.3 is 5.97 Å². The number of thioether (sulfide) groups is 1. The molecule has 2 heterocycles. The van der Waals surface area contributed by atoms with Gasteiger partial charge in [0, 0.05) is 35.0 Å². The van der Waals surface area contributed by atoms with Crippen molar-refractivity contribution in [1.82, 2.24) is 19.4 Å². The number of hydrogen-bond donors (Lipinski definition) is 0. The van der Waals surface area contributed by atoms with E-state index in [-0.39, 0.29) is 5.97 Å². The lowest BCUT2D eigenvalue weighted by atomic mass is 10.0. The van der Waals surface area contributed by atoms with Gasteiger partial charge in [0.1, 0.15) is 0 Å². The number of ether oxygens (including phenoxy) is 1. The number of nitrogens with zero attached hydrogens (tertiary/aromatic N) is 5. The molecule has 8 heteroatoms. The maximum Gasteiger partial charge on any atom is 0.340 e. The third-order valence-corrected chi connectivity index (χ3v) is 7.42. The Bertz CT molecular complexity index is 1800.